The molecule has 194 valence electrons. The Hall–Kier alpha value is -3.71. The molecule has 0 aromatic heterocycles. The highest BCUT2D eigenvalue weighted by Crippen LogP contribution is 2.23. The number of amides is 2. The van der Waals surface area contributed by atoms with Crippen molar-refractivity contribution in [1.29, 1.82) is 0 Å². The maximum Gasteiger partial charge on any atom is 0.257 e. The molecule has 2 amide bonds. The zero-order chi connectivity index (χ0) is 27.0. The van der Waals surface area contributed by atoms with Gasteiger partial charge in [0.05, 0.1) is 6.61 Å². The maximum absolute atomic E-state index is 12.6. The van der Waals surface area contributed by atoms with Gasteiger partial charge < -0.3 is 15.4 Å². The van der Waals surface area contributed by atoms with Crippen LogP contribution in [0.25, 0.3) is 0 Å². The molecule has 0 atom stereocenters. The smallest absolute Gasteiger partial charge is 0.257 e. The summed E-state index contributed by atoms with van der Waals surface area (Å²) in [4.78, 5) is 25.2. The highest BCUT2D eigenvalue weighted by Gasteiger charge is 2.14. The van der Waals surface area contributed by atoms with Crippen molar-refractivity contribution in [1.82, 2.24) is 5.32 Å². The standard InChI is InChI=1S/C30H35N3O3S/c1-20(2)17-18-36-26-8-6-7-22(19-26)28(35)33-29(37)32-25-15-13-24(14-16-25)31-27(34)21-9-11-23(12-10-21)30(3,4)5/h6-16,19-20H,17-18H2,1-5H3,(H,31,34)(H2,32,33,35,37). The minimum Gasteiger partial charge on any atom is -0.494 e. The molecule has 0 radical (unpaired) electrons. The van der Waals surface area contributed by atoms with E-state index in [0.29, 0.717) is 40.8 Å². The molecule has 3 rings (SSSR count). The largest absolute Gasteiger partial charge is 0.494 e. The molecular weight excluding hydrogens is 482 g/mol. The van der Waals surface area contributed by atoms with Gasteiger partial charge in [0, 0.05) is 22.5 Å². The number of ether oxygens (including phenoxy) is 1. The van der Waals surface area contributed by atoms with Gasteiger partial charge in [0.15, 0.2) is 5.11 Å². The lowest BCUT2D eigenvalue weighted by atomic mass is 9.87. The fourth-order valence-corrected chi connectivity index (χ4v) is 3.65. The van der Waals surface area contributed by atoms with E-state index in [-0.39, 0.29) is 22.3 Å². The highest BCUT2D eigenvalue weighted by molar-refractivity contribution is 7.80. The topological polar surface area (TPSA) is 79.5 Å². The molecule has 0 unspecified atom stereocenters. The molecule has 0 heterocycles. The van der Waals surface area contributed by atoms with E-state index in [1.165, 1.54) is 5.56 Å². The second kappa shape index (κ2) is 12.5. The van der Waals surface area contributed by atoms with E-state index in [0.717, 1.165) is 6.42 Å². The zero-order valence-electron chi connectivity index (χ0n) is 22.1. The van der Waals surface area contributed by atoms with E-state index in [9.17, 15) is 9.59 Å². The van der Waals surface area contributed by atoms with Crippen LogP contribution in [0, 0.1) is 5.92 Å². The van der Waals surface area contributed by atoms with Gasteiger partial charge in [-0.2, -0.15) is 0 Å². The van der Waals surface area contributed by atoms with Gasteiger partial charge in [0.25, 0.3) is 11.8 Å². The average Bonchev–Trinajstić information content (AvgIpc) is 2.84. The fourth-order valence-electron chi connectivity index (χ4n) is 3.44. The molecule has 6 nitrogen and oxygen atoms in total. The number of benzene rings is 3. The summed E-state index contributed by atoms with van der Waals surface area (Å²) in [6.07, 6.45) is 0.942. The van der Waals surface area contributed by atoms with Crippen LogP contribution in [0.2, 0.25) is 0 Å². The summed E-state index contributed by atoms with van der Waals surface area (Å²) in [6, 6.07) is 21.7. The molecule has 37 heavy (non-hydrogen) atoms. The predicted molar refractivity (Wildman–Crippen MR) is 155 cm³/mol. The summed E-state index contributed by atoms with van der Waals surface area (Å²) < 4.78 is 5.74. The van der Waals surface area contributed by atoms with E-state index in [1.807, 2.05) is 30.3 Å². The van der Waals surface area contributed by atoms with Gasteiger partial charge in [-0.3, -0.25) is 14.9 Å². The fraction of sp³-hybridized carbons (Fsp3) is 0.300. The van der Waals surface area contributed by atoms with E-state index < -0.39 is 0 Å². The Labute approximate surface area is 224 Å². The Morgan fingerprint density at radius 1 is 0.838 bits per heavy atom. The first-order valence-corrected chi connectivity index (χ1v) is 12.8. The molecule has 0 saturated heterocycles. The van der Waals surface area contributed by atoms with Gasteiger partial charge in [-0.25, -0.2) is 0 Å². The van der Waals surface area contributed by atoms with Crippen LogP contribution in [-0.2, 0) is 5.41 Å². The number of carbonyl (C=O) groups is 2. The Kier molecular flexibility index (Phi) is 9.42. The van der Waals surface area contributed by atoms with Crippen LogP contribution in [0.5, 0.6) is 5.75 Å². The SMILES string of the molecule is CC(C)CCOc1cccc(C(=O)NC(=S)Nc2ccc(NC(=O)c3ccc(C(C)(C)C)cc3)cc2)c1. The van der Waals surface area contributed by atoms with Crippen LogP contribution in [0.15, 0.2) is 72.8 Å². The second-order valence-electron chi connectivity index (χ2n) is 10.3. The number of nitrogens with one attached hydrogen (secondary N) is 3. The summed E-state index contributed by atoms with van der Waals surface area (Å²) in [5.41, 5.74) is 3.59. The molecule has 0 bridgehead atoms. The van der Waals surface area contributed by atoms with E-state index in [4.69, 9.17) is 17.0 Å². The molecule has 7 heteroatoms. The first-order valence-electron chi connectivity index (χ1n) is 12.4. The van der Waals surface area contributed by atoms with Crippen molar-refractivity contribution in [2.75, 3.05) is 17.2 Å². The maximum atomic E-state index is 12.6. The molecule has 3 aromatic carbocycles. The van der Waals surface area contributed by atoms with Gasteiger partial charge >= 0.3 is 0 Å². The lowest BCUT2D eigenvalue weighted by Gasteiger charge is -2.19. The average molecular weight is 518 g/mol. The van der Waals surface area contributed by atoms with Crippen LogP contribution in [0.1, 0.15) is 67.3 Å². The van der Waals surface area contributed by atoms with Crippen molar-refractivity contribution >= 4 is 40.5 Å². The van der Waals surface area contributed by atoms with Gasteiger partial charge in [-0.15, -0.1) is 0 Å². The molecule has 0 aliphatic rings. The molecule has 0 saturated carbocycles. The predicted octanol–water partition coefficient (Wildman–Crippen LogP) is 6.79. The van der Waals surface area contributed by atoms with Crippen LogP contribution in [0.4, 0.5) is 11.4 Å². The quantitative estimate of drug-likeness (QED) is 0.287. The summed E-state index contributed by atoms with van der Waals surface area (Å²) in [6.45, 7) is 11.3. The number of anilines is 2. The van der Waals surface area contributed by atoms with Gasteiger partial charge in [-0.05, 0) is 90.1 Å². The lowest BCUT2D eigenvalue weighted by molar-refractivity contribution is 0.0975. The van der Waals surface area contributed by atoms with Crippen molar-refractivity contribution in [2.24, 2.45) is 5.92 Å². The van der Waals surface area contributed by atoms with Crippen molar-refractivity contribution in [3.05, 3.63) is 89.5 Å². The molecule has 0 aliphatic heterocycles. The summed E-state index contributed by atoms with van der Waals surface area (Å²) in [5.74, 6) is 0.688. The normalized spacial score (nSPS) is 11.1. The Morgan fingerprint density at radius 3 is 2.05 bits per heavy atom. The van der Waals surface area contributed by atoms with Gasteiger partial charge in [0.2, 0.25) is 0 Å². The summed E-state index contributed by atoms with van der Waals surface area (Å²) >= 11 is 5.30. The number of thiocarbonyl (C=S) groups is 1. The van der Waals surface area contributed by atoms with Crippen molar-refractivity contribution < 1.29 is 14.3 Å². The Bertz CT molecular complexity index is 1230. The number of hydrogen-bond acceptors (Lipinski definition) is 4. The van der Waals surface area contributed by atoms with Crippen LogP contribution >= 0.6 is 12.2 Å². The Morgan fingerprint density at radius 2 is 1.46 bits per heavy atom. The van der Waals surface area contributed by atoms with Crippen molar-refractivity contribution in [3.8, 4) is 5.75 Å². The zero-order valence-corrected chi connectivity index (χ0v) is 22.9. The van der Waals surface area contributed by atoms with Crippen LogP contribution in [-0.4, -0.2) is 23.5 Å². The van der Waals surface area contributed by atoms with E-state index in [2.05, 4.69) is 50.6 Å². The highest BCUT2D eigenvalue weighted by atomic mass is 32.1. The molecule has 3 N–H and O–H groups in total. The Balaban J connectivity index is 1.51. The first kappa shape index (κ1) is 27.9. The third kappa shape index (κ3) is 8.72. The van der Waals surface area contributed by atoms with E-state index >= 15 is 0 Å². The van der Waals surface area contributed by atoms with Gasteiger partial charge in [-0.1, -0.05) is 52.8 Å². The third-order valence-corrected chi connectivity index (χ3v) is 5.91. The van der Waals surface area contributed by atoms with E-state index in [1.54, 1.807) is 42.5 Å². The second-order valence-corrected chi connectivity index (χ2v) is 10.7. The van der Waals surface area contributed by atoms with Crippen molar-refractivity contribution in [3.63, 3.8) is 0 Å². The molecule has 0 fully saturated rings. The number of carbonyl (C=O) groups excluding carboxylic acids is 2. The lowest BCUT2D eigenvalue weighted by Crippen LogP contribution is -2.34. The molecule has 0 spiro atoms. The first-order chi connectivity index (χ1) is 17.5. The number of hydrogen-bond donors (Lipinski definition) is 3. The monoisotopic (exact) mass is 517 g/mol. The van der Waals surface area contributed by atoms with Crippen LogP contribution < -0.4 is 20.7 Å². The molecule has 0 aliphatic carbocycles. The van der Waals surface area contributed by atoms with Gasteiger partial charge in [0.1, 0.15) is 5.75 Å². The van der Waals surface area contributed by atoms with Crippen molar-refractivity contribution in [2.45, 2.75) is 46.5 Å². The number of rotatable bonds is 8. The summed E-state index contributed by atoms with van der Waals surface area (Å²) in [7, 11) is 0. The minimum absolute atomic E-state index is 0.0313. The summed E-state index contributed by atoms with van der Waals surface area (Å²) in [5, 5.41) is 8.75. The molecular formula is C30H35N3O3S. The molecule has 3 aromatic rings. The minimum atomic E-state index is -0.326. The van der Waals surface area contributed by atoms with Crippen LogP contribution in [0.3, 0.4) is 0 Å². The third-order valence-electron chi connectivity index (χ3n) is 5.70.